The molecule has 9 heteroatoms. The first-order chi connectivity index (χ1) is 18.5. The summed E-state index contributed by atoms with van der Waals surface area (Å²) < 4.78 is 23.5. The van der Waals surface area contributed by atoms with Crippen LogP contribution >= 0.6 is 0 Å². The average molecular weight is 521 g/mol. The number of amides is 1. The number of methoxy groups -OCH3 is 1. The molecule has 9 nitrogen and oxygen atoms in total. The van der Waals surface area contributed by atoms with Gasteiger partial charge >= 0.3 is 5.97 Å². The molecule has 0 spiro atoms. The third kappa shape index (κ3) is 6.80. The van der Waals surface area contributed by atoms with Gasteiger partial charge in [-0.2, -0.15) is 0 Å². The van der Waals surface area contributed by atoms with Crippen LogP contribution in [0.25, 0.3) is 0 Å². The Bertz CT molecular complexity index is 1210. The number of cyclic esters (lactones) is 1. The Hall–Kier alpha value is -4.11. The van der Waals surface area contributed by atoms with E-state index in [1.807, 2.05) is 60.7 Å². The minimum atomic E-state index is -0.942. The predicted molar refractivity (Wildman–Crippen MR) is 139 cm³/mol. The molecule has 1 fully saturated rings. The molecule has 1 saturated heterocycles. The lowest BCUT2D eigenvalue weighted by Gasteiger charge is -2.31. The highest BCUT2D eigenvalue weighted by atomic mass is 16.6. The van der Waals surface area contributed by atoms with Gasteiger partial charge in [0, 0.05) is 12.3 Å². The Kier molecular flexibility index (Phi) is 9.16. The van der Waals surface area contributed by atoms with Crippen molar-refractivity contribution >= 4 is 11.9 Å². The Morgan fingerprint density at radius 1 is 1.08 bits per heavy atom. The zero-order valence-electron chi connectivity index (χ0n) is 21.4. The van der Waals surface area contributed by atoms with E-state index in [1.54, 1.807) is 6.92 Å². The van der Waals surface area contributed by atoms with E-state index >= 15 is 0 Å². The molecule has 1 aliphatic heterocycles. The van der Waals surface area contributed by atoms with Gasteiger partial charge in [0.25, 0.3) is 5.91 Å². The maximum absolute atomic E-state index is 13.1. The Morgan fingerprint density at radius 3 is 2.50 bits per heavy atom. The van der Waals surface area contributed by atoms with Crippen molar-refractivity contribution in [3.8, 4) is 17.2 Å². The van der Waals surface area contributed by atoms with E-state index < -0.39 is 35.9 Å². The first-order valence-electron chi connectivity index (χ1n) is 12.6. The molecule has 4 rings (SSSR count). The van der Waals surface area contributed by atoms with Gasteiger partial charge in [0.15, 0.2) is 23.3 Å². The zero-order chi connectivity index (χ0) is 26.9. The Morgan fingerprint density at radius 2 is 1.79 bits per heavy atom. The summed E-state index contributed by atoms with van der Waals surface area (Å²) in [5.41, 5.74) is 0.783. The molecule has 2 aromatic carbocycles. The molecule has 0 radical (unpaired) electrons. The van der Waals surface area contributed by atoms with Gasteiger partial charge in [-0.3, -0.25) is 4.79 Å². The molecule has 2 N–H and O–H groups in total. The molecule has 1 amide bonds. The van der Waals surface area contributed by atoms with E-state index in [4.69, 9.17) is 18.9 Å². The van der Waals surface area contributed by atoms with Crippen molar-refractivity contribution in [3.05, 3.63) is 84.2 Å². The van der Waals surface area contributed by atoms with Gasteiger partial charge in [0.05, 0.1) is 19.8 Å². The number of ether oxygens (including phenoxy) is 4. The van der Waals surface area contributed by atoms with E-state index in [-0.39, 0.29) is 17.5 Å². The van der Waals surface area contributed by atoms with Crippen LogP contribution in [0.3, 0.4) is 0 Å². The van der Waals surface area contributed by atoms with E-state index in [0.29, 0.717) is 31.6 Å². The smallest absolute Gasteiger partial charge is 0.329 e. The normalized spacial score (nSPS) is 21.8. The van der Waals surface area contributed by atoms with Crippen LogP contribution in [0, 0.1) is 0 Å². The van der Waals surface area contributed by atoms with Crippen LogP contribution in [0.15, 0.2) is 72.9 Å². The molecule has 0 saturated carbocycles. The van der Waals surface area contributed by atoms with Crippen LogP contribution in [-0.4, -0.2) is 53.4 Å². The number of carbonyl (C=O) groups is 2. The molecule has 0 aliphatic carbocycles. The van der Waals surface area contributed by atoms with Crippen LogP contribution in [-0.2, 0) is 20.9 Å². The topological polar surface area (TPSA) is 116 Å². The number of hydrogen-bond acceptors (Lipinski definition) is 8. The molecule has 1 aliphatic rings. The van der Waals surface area contributed by atoms with Crippen molar-refractivity contribution in [2.45, 2.75) is 57.1 Å². The number of aromatic nitrogens is 1. The number of para-hydroxylation sites is 1. The largest absolute Gasteiger partial charge is 0.503 e. The number of benzene rings is 2. The summed E-state index contributed by atoms with van der Waals surface area (Å²) in [6.07, 6.45) is 1.14. The van der Waals surface area contributed by atoms with Crippen LogP contribution in [0.1, 0.15) is 42.2 Å². The van der Waals surface area contributed by atoms with Gasteiger partial charge in [0.2, 0.25) is 0 Å². The Labute approximate surface area is 221 Å². The highest BCUT2D eigenvalue weighted by molar-refractivity contribution is 5.97. The predicted octanol–water partition coefficient (Wildman–Crippen LogP) is 4.04. The van der Waals surface area contributed by atoms with Gasteiger partial charge in [-0.25, -0.2) is 9.78 Å². The van der Waals surface area contributed by atoms with Crippen LogP contribution in [0.4, 0.5) is 0 Å². The number of hydrogen-bond donors (Lipinski definition) is 2. The molecule has 4 atom stereocenters. The van der Waals surface area contributed by atoms with Gasteiger partial charge in [-0.1, -0.05) is 48.5 Å². The maximum atomic E-state index is 13.1. The second-order valence-corrected chi connectivity index (χ2v) is 9.04. The van der Waals surface area contributed by atoms with Crippen LogP contribution < -0.4 is 14.8 Å². The Balaban J connectivity index is 1.52. The fourth-order valence-corrected chi connectivity index (χ4v) is 4.35. The molecule has 1 aromatic heterocycles. The number of nitrogens with one attached hydrogen (secondary N) is 1. The van der Waals surface area contributed by atoms with E-state index in [0.717, 1.165) is 5.56 Å². The lowest BCUT2D eigenvalue weighted by Crippen LogP contribution is -2.46. The molecule has 2 heterocycles. The lowest BCUT2D eigenvalue weighted by atomic mass is 10.0. The standard InChI is InChI=1S/C29H32N2O7/c1-19-27(38-21-12-7-4-8-13-21)24(36-18-20-10-5-3-6-11-20)15-9-14-22(29(34)37-19)31-28(33)25-26(32)23(35-2)16-17-30-25/h3-8,10-13,16-17,19,22,24,27,32H,9,14-15,18H2,1-2H3,(H,31,33)/t19-,22-,24-,27-/m0/s1. The quantitative estimate of drug-likeness (QED) is 0.428. The van der Waals surface area contributed by atoms with E-state index in [1.165, 1.54) is 19.4 Å². The van der Waals surface area contributed by atoms with Gasteiger partial charge in [-0.15, -0.1) is 0 Å². The molecular formula is C29H32N2O7. The summed E-state index contributed by atoms with van der Waals surface area (Å²) in [4.78, 5) is 30.0. The summed E-state index contributed by atoms with van der Waals surface area (Å²) in [5, 5.41) is 13.0. The number of esters is 1. The minimum Gasteiger partial charge on any atom is -0.503 e. The number of carbonyl (C=O) groups excluding carboxylic acids is 2. The highest BCUT2D eigenvalue weighted by Gasteiger charge is 2.37. The minimum absolute atomic E-state index is 0.107. The van der Waals surface area contributed by atoms with Crippen LogP contribution in [0.5, 0.6) is 17.2 Å². The zero-order valence-corrected chi connectivity index (χ0v) is 21.4. The second-order valence-electron chi connectivity index (χ2n) is 9.04. The molecule has 0 bridgehead atoms. The lowest BCUT2D eigenvalue weighted by molar-refractivity contribution is -0.159. The fraction of sp³-hybridized carbons (Fsp3) is 0.345. The molecular weight excluding hydrogens is 488 g/mol. The summed E-state index contributed by atoms with van der Waals surface area (Å²) in [6.45, 7) is 2.13. The van der Waals surface area contributed by atoms with Gasteiger partial charge < -0.3 is 29.4 Å². The van der Waals surface area contributed by atoms with Crippen molar-refractivity contribution in [1.29, 1.82) is 0 Å². The van der Waals surface area contributed by atoms with Crippen molar-refractivity contribution in [3.63, 3.8) is 0 Å². The molecule has 0 unspecified atom stereocenters. The van der Waals surface area contributed by atoms with Crippen molar-refractivity contribution in [2.75, 3.05) is 7.11 Å². The van der Waals surface area contributed by atoms with Gasteiger partial charge in [0.1, 0.15) is 17.9 Å². The molecule has 200 valence electrons. The number of rotatable bonds is 8. The average Bonchev–Trinajstić information content (AvgIpc) is 2.98. The highest BCUT2D eigenvalue weighted by Crippen LogP contribution is 2.28. The SMILES string of the molecule is COc1ccnc(C(=O)N[C@H]2CCC[C@H](OCc3ccccc3)[C@@H](Oc3ccccc3)[C@H](C)OC2=O)c1O. The summed E-state index contributed by atoms with van der Waals surface area (Å²) >= 11 is 0. The summed E-state index contributed by atoms with van der Waals surface area (Å²) in [6, 6.07) is 19.6. The molecule has 38 heavy (non-hydrogen) atoms. The summed E-state index contributed by atoms with van der Waals surface area (Å²) in [5.74, 6) is -0.960. The first kappa shape index (κ1) is 26.9. The first-order valence-corrected chi connectivity index (χ1v) is 12.6. The monoisotopic (exact) mass is 520 g/mol. The van der Waals surface area contributed by atoms with Crippen molar-refractivity contribution < 1.29 is 33.6 Å². The number of pyridine rings is 1. The third-order valence-electron chi connectivity index (χ3n) is 6.35. The van der Waals surface area contributed by atoms with Crippen molar-refractivity contribution in [2.24, 2.45) is 0 Å². The third-order valence-corrected chi connectivity index (χ3v) is 6.35. The van der Waals surface area contributed by atoms with E-state index in [2.05, 4.69) is 10.3 Å². The molecule has 3 aromatic rings. The summed E-state index contributed by atoms with van der Waals surface area (Å²) in [7, 11) is 1.37. The van der Waals surface area contributed by atoms with Crippen LogP contribution in [0.2, 0.25) is 0 Å². The number of aromatic hydroxyl groups is 1. The van der Waals surface area contributed by atoms with Gasteiger partial charge in [-0.05, 0) is 43.9 Å². The fourth-order valence-electron chi connectivity index (χ4n) is 4.35. The van der Waals surface area contributed by atoms with Crippen molar-refractivity contribution in [1.82, 2.24) is 10.3 Å². The number of nitrogens with zero attached hydrogens (tertiary/aromatic N) is 1. The van der Waals surface area contributed by atoms with E-state index in [9.17, 15) is 14.7 Å². The second kappa shape index (κ2) is 12.9. The maximum Gasteiger partial charge on any atom is 0.329 e.